The van der Waals surface area contributed by atoms with Gasteiger partial charge in [0, 0.05) is 10.2 Å². The van der Waals surface area contributed by atoms with Crippen molar-refractivity contribution < 1.29 is 9.59 Å². The zero-order valence-corrected chi connectivity index (χ0v) is 12.0. The fraction of sp³-hybridized carbons (Fsp3) is 0.0667. The minimum absolute atomic E-state index is 0.304. The molecule has 2 aromatic carbocycles. The molecule has 5 heteroatoms. The van der Waals surface area contributed by atoms with E-state index in [1.807, 2.05) is 54.6 Å². The number of halogens is 1. The van der Waals surface area contributed by atoms with Gasteiger partial charge in [-0.05, 0) is 29.8 Å². The van der Waals surface area contributed by atoms with E-state index in [2.05, 4.69) is 21.2 Å². The summed E-state index contributed by atoms with van der Waals surface area (Å²) in [7, 11) is 0. The predicted octanol–water partition coefficient (Wildman–Crippen LogP) is 3.25. The van der Waals surface area contributed by atoms with Crippen molar-refractivity contribution in [3.05, 3.63) is 64.6 Å². The molecular weight excluding hydrogens is 320 g/mol. The topological polar surface area (TPSA) is 49.4 Å². The summed E-state index contributed by atoms with van der Waals surface area (Å²) < 4.78 is 0.928. The number of carbonyl (C=O) groups is 2. The highest BCUT2D eigenvalue weighted by Gasteiger charge is 2.40. The van der Waals surface area contributed by atoms with Gasteiger partial charge in [0.15, 0.2) is 0 Å². The van der Waals surface area contributed by atoms with Crippen molar-refractivity contribution >= 4 is 33.6 Å². The number of benzene rings is 2. The van der Waals surface area contributed by atoms with Crippen LogP contribution < -0.4 is 10.2 Å². The van der Waals surface area contributed by atoms with Crippen LogP contribution in [0.2, 0.25) is 0 Å². The largest absolute Gasteiger partial charge is 0.329 e. The Morgan fingerprint density at radius 3 is 2.25 bits per heavy atom. The first kappa shape index (κ1) is 12.9. The zero-order valence-electron chi connectivity index (χ0n) is 10.4. The second kappa shape index (κ2) is 5.09. The molecule has 0 radical (unpaired) electrons. The number of anilines is 1. The highest BCUT2D eigenvalue weighted by molar-refractivity contribution is 9.10. The lowest BCUT2D eigenvalue weighted by Gasteiger charge is -2.22. The molecule has 1 atom stereocenters. The van der Waals surface area contributed by atoms with Crippen molar-refractivity contribution in [2.24, 2.45) is 0 Å². The van der Waals surface area contributed by atoms with Crippen LogP contribution in [0.5, 0.6) is 0 Å². The number of nitrogens with zero attached hydrogens (tertiary/aromatic N) is 1. The van der Waals surface area contributed by atoms with Crippen LogP contribution in [0.25, 0.3) is 0 Å². The van der Waals surface area contributed by atoms with Crippen molar-refractivity contribution in [2.45, 2.75) is 6.04 Å². The van der Waals surface area contributed by atoms with Gasteiger partial charge < -0.3 is 0 Å². The molecule has 4 nitrogen and oxygen atoms in total. The minimum atomic E-state index is -0.627. The third kappa shape index (κ3) is 2.20. The standard InChI is InChI=1S/C15H11BrN2O2/c16-11-8-6-10(7-9-11)13-14(19)17-15(20)18(13)12-4-2-1-3-5-12/h1-9,13H,(H,17,19,20). The fourth-order valence-electron chi connectivity index (χ4n) is 2.27. The van der Waals surface area contributed by atoms with E-state index in [1.165, 1.54) is 4.90 Å². The Balaban J connectivity index is 2.04. The highest BCUT2D eigenvalue weighted by atomic mass is 79.9. The molecule has 1 heterocycles. The van der Waals surface area contributed by atoms with Crippen LogP contribution >= 0.6 is 15.9 Å². The SMILES string of the molecule is O=C1NC(=O)N(c2ccccc2)C1c1ccc(Br)cc1. The number of carbonyl (C=O) groups excluding carboxylic acids is 2. The Hall–Kier alpha value is -2.14. The van der Waals surface area contributed by atoms with E-state index >= 15 is 0 Å². The summed E-state index contributed by atoms with van der Waals surface area (Å²) in [6.07, 6.45) is 0. The number of rotatable bonds is 2. The first-order valence-electron chi connectivity index (χ1n) is 6.11. The summed E-state index contributed by atoms with van der Waals surface area (Å²) in [5.41, 5.74) is 1.48. The molecule has 100 valence electrons. The number of urea groups is 1. The van der Waals surface area contributed by atoms with Gasteiger partial charge in [-0.2, -0.15) is 0 Å². The van der Waals surface area contributed by atoms with E-state index < -0.39 is 12.1 Å². The number of para-hydroxylation sites is 1. The van der Waals surface area contributed by atoms with Crippen LogP contribution in [0.4, 0.5) is 10.5 Å². The number of amides is 3. The molecule has 0 aliphatic carbocycles. The molecule has 3 rings (SSSR count). The van der Waals surface area contributed by atoms with Crippen molar-refractivity contribution in [1.29, 1.82) is 0 Å². The quantitative estimate of drug-likeness (QED) is 0.859. The van der Waals surface area contributed by atoms with E-state index in [4.69, 9.17) is 0 Å². The first-order valence-corrected chi connectivity index (χ1v) is 6.91. The first-order chi connectivity index (χ1) is 9.66. The average molecular weight is 331 g/mol. The zero-order chi connectivity index (χ0) is 14.1. The van der Waals surface area contributed by atoms with Crippen LogP contribution in [0.15, 0.2) is 59.1 Å². The summed E-state index contributed by atoms with van der Waals surface area (Å²) in [6, 6.07) is 15.5. The lowest BCUT2D eigenvalue weighted by atomic mass is 10.1. The lowest BCUT2D eigenvalue weighted by Crippen LogP contribution is -2.29. The van der Waals surface area contributed by atoms with Gasteiger partial charge in [0.25, 0.3) is 5.91 Å². The Bertz CT molecular complexity index is 655. The molecule has 1 N–H and O–H groups in total. The molecule has 3 amide bonds. The van der Waals surface area contributed by atoms with Crippen molar-refractivity contribution in [2.75, 3.05) is 4.90 Å². The molecule has 1 fully saturated rings. The van der Waals surface area contributed by atoms with Gasteiger partial charge in [-0.15, -0.1) is 0 Å². The monoisotopic (exact) mass is 330 g/mol. The minimum Gasteiger partial charge on any atom is -0.277 e. The Morgan fingerprint density at radius 2 is 1.60 bits per heavy atom. The van der Waals surface area contributed by atoms with Crippen LogP contribution in [-0.4, -0.2) is 11.9 Å². The van der Waals surface area contributed by atoms with Gasteiger partial charge in [0.2, 0.25) is 0 Å². The van der Waals surface area contributed by atoms with E-state index in [-0.39, 0.29) is 5.91 Å². The number of hydrogen-bond acceptors (Lipinski definition) is 2. The normalized spacial score (nSPS) is 18.2. The molecule has 0 saturated carbocycles. The lowest BCUT2D eigenvalue weighted by molar-refractivity contribution is -0.119. The van der Waals surface area contributed by atoms with Crippen molar-refractivity contribution in [1.82, 2.24) is 5.32 Å². The number of hydrogen-bond donors (Lipinski definition) is 1. The molecule has 1 unspecified atom stereocenters. The summed E-state index contributed by atoms with van der Waals surface area (Å²) in [4.78, 5) is 25.6. The fourth-order valence-corrected chi connectivity index (χ4v) is 2.53. The molecule has 2 aromatic rings. The van der Waals surface area contributed by atoms with Crippen molar-refractivity contribution in [3.63, 3.8) is 0 Å². The van der Waals surface area contributed by atoms with Crippen LogP contribution in [0.1, 0.15) is 11.6 Å². The number of nitrogens with one attached hydrogen (secondary N) is 1. The van der Waals surface area contributed by atoms with Gasteiger partial charge in [0.05, 0.1) is 0 Å². The smallest absolute Gasteiger partial charge is 0.277 e. The molecule has 1 aliphatic heterocycles. The molecule has 0 aromatic heterocycles. The summed E-state index contributed by atoms with van der Waals surface area (Å²) in [5.74, 6) is -0.304. The van der Waals surface area contributed by atoms with E-state index in [0.717, 1.165) is 10.0 Å². The maximum atomic E-state index is 12.1. The Labute approximate surface area is 124 Å². The van der Waals surface area contributed by atoms with Crippen LogP contribution in [0, 0.1) is 0 Å². The second-order valence-electron chi connectivity index (χ2n) is 4.45. The highest BCUT2D eigenvalue weighted by Crippen LogP contribution is 2.31. The predicted molar refractivity (Wildman–Crippen MR) is 79.3 cm³/mol. The average Bonchev–Trinajstić information content (AvgIpc) is 2.75. The number of imide groups is 1. The third-order valence-corrected chi connectivity index (χ3v) is 3.70. The maximum absolute atomic E-state index is 12.1. The molecular formula is C15H11BrN2O2. The van der Waals surface area contributed by atoms with Crippen molar-refractivity contribution in [3.8, 4) is 0 Å². The summed E-state index contributed by atoms with van der Waals surface area (Å²) >= 11 is 3.36. The Kier molecular flexibility index (Phi) is 3.28. The Morgan fingerprint density at radius 1 is 0.950 bits per heavy atom. The van der Waals surface area contributed by atoms with E-state index in [0.29, 0.717) is 5.69 Å². The molecule has 0 spiro atoms. The third-order valence-electron chi connectivity index (χ3n) is 3.18. The van der Waals surface area contributed by atoms with Gasteiger partial charge in [-0.1, -0.05) is 46.3 Å². The molecule has 1 saturated heterocycles. The van der Waals surface area contributed by atoms with Crippen LogP contribution in [0.3, 0.4) is 0 Å². The molecule has 0 bridgehead atoms. The van der Waals surface area contributed by atoms with Gasteiger partial charge in [0.1, 0.15) is 6.04 Å². The van der Waals surface area contributed by atoms with E-state index in [9.17, 15) is 9.59 Å². The second-order valence-corrected chi connectivity index (χ2v) is 5.37. The van der Waals surface area contributed by atoms with Gasteiger partial charge >= 0.3 is 6.03 Å². The van der Waals surface area contributed by atoms with E-state index in [1.54, 1.807) is 0 Å². The van der Waals surface area contributed by atoms with Gasteiger partial charge in [-0.3, -0.25) is 15.0 Å². The summed E-state index contributed by atoms with van der Waals surface area (Å²) in [6.45, 7) is 0. The van der Waals surface area contributed by atoms with Crippen LogP contribution in [-0.2, 0) is 4.79 Å². The van der Waals surface area contributed by atoms with Gasteiger partial charge in [-0.25, -0.2) is 4.79 Å². The maximum Gasteiger partial charge on any atom is 0.329 e. The molecule has 20 heavy (non-hydrogen) atoms. The summed E-state index contributed by atoms with van der Waals surface area (Å²) in [5, 5.41) is 2.36. The molecule has 1 aliphatic rings.